The first kappa shape index (κ1) is 15.4. The van der Waals surface area contributed by atoms with Gasteiger partial charge in [-0.2, -0.15) is 0 Å². The van der Waals surface area contributed by atoms with E-state index < -0.39 is 36.5 Å². The fourth-order valence-electron chi connectivity index (χ4n) is 2.00. The van der Waals surface area contributed by atoms with Gasteiger partial charge in [0.2, 0.25) is 0 Å². The first-order chi connectivity index (χ1) is 9.99. The first-order valence-electron chi connectivity index (χ1n) is 6.40. The second kappa shape index (κ2) is 6.66. The summed E-state index contributed by atoms with van der Waals surface area (Å²) < 4.78 is 14.9. The van der Waals surface area contributed by atoms with Gasteiger partial charge >= 0.3 is 11.9 Å². The lowest BCUT2D eigenvalue weighted by atomic mass is 10.0. The minimum absolute atomic E-state index is 0.230. The van der Waals surface area contributed by atoms with Crippen LogP contribution in [-0.4, -0.2) is 53.4 Å². The summed E-state index contributed by atoms with van der Waals surface area (Å²) in [5.74, 6) is -1.37. The predicted molar refractivity (Wildman–Crippen MR) is 69.2 cm³/mol. The van der Waals surface area contributed by atoms with Crippen LogP contribution in [-0.2, 0) is 19.0 Å². The number of hydrogen-bond acceptors (Lipinski definition) is 7. The molecule has 0 amide bonds. The van der Waals surface area contributed by atoms with Crippen LogP contribution in [0, 0.1) is 0 Å². The molecule has 0 bridgehead atoms. The van der Waals surface area contributed by atoms with Crippen LogP contribution in [0.25, 0.3) is 0 Å². The van der Waals surface area contributed by atoms with Gasteiger partial charge in [-0.1, -0.05) is 18.2 Å². The molecule has 1 aromatic rings. The highest BCUT2D eigenvalue weighted by Crippen LogP contribution is 2.21. The molecule has 0 aromatic heterocycles. The SMILES string of the molecule is CC(=O)O[C@@H]1[C@@H](OC(=O)c2ccccc2)[C@@H](O)CO[C@@H]1O. The van der Waals surface area contributed by atoms with E-state index in [1.807, 2.05) is 0 Å². The van der Waals surface area contributed by atoms with E-state index in [0.29, 0.717) is 0 Å². The van der Waals surface area contributed by atoms with Crippen LogP contribution < -0.4 is 0 Å². The molecule has 4 atom stereocenters. The molecule has 0 saturated carbocycles. The molecule has 7 heteroatoms. The molecule has 1 aromatic carbocycles. The lowest BCUT2D eigenvalue weighted by Gasteiger charge is -2.36. The Hall–Kier alpha value is -1.96. The second-order valence-electron chi connectivity index (χ2n) is 4.60. The fourth-order valence-corrected chi connectivity index (χ4v) is 2.00. The highest BCUT2D eigenvalue weighted by Gasteiger charge is 2.44. The Morgan fingerprint density at radius 2 is 1.81 bits per heavy atom. The minimum atomic E-state index is -1.47. The third-order valence-electron chi connectivity index (χ3n) is 2.98. The molecule has 1 saturated heterocycles. The van der Waals surface area contributed by atoms with E-state index in [1.165, 1.54) is 0 Å². The molecule has 2 rings (SSSR count). The summed E-state index contributed by atoms with van der Waals surface area (Å²) in [6, 6.07) is 8.16. The van der Waals surface area contributed by atoms with Crippen molar-refractivity contribution in [2.45, 2.75) is 31.5 Å². The maximum atomic E-state index is 12.0. The predicted octanol–water partition coefficient (Wildman–Crippen LogP) is -0.147. The Morgan fingerprint density at radius 3 is 2.43 bits per heavy atom. The Bertz CT molecular complexity index is 501. The Labute approximate surface area is 121 Å². The van der Waals surface area contributed by atoms with Crippen molar-refractivity contribution >= 4 is 11.9 Å². The van der Waals surface area contributed by atoms with Crippen molar-refractivity contribution in [3.63, 3.8) is 0 Å². The van der Waals surface area contributed by atoms with Crippen molar-refractivity contribution in [3.8, 4) is 0 Å². The second-order valence-corrected chi connectivity index (χ2v) is 4.60. The Morgan fingerprint density at radius 1 is 1.14 bits per heavy atom. The smallest absolute Gasteiger partial charge is 0.338 e. The van der Waals surface area contributed by atoms with Crippen molar-refractivity contribution in [2.24, 2.45) is 0 Å². The van der Waals surface area contributed by atoms with Gasteiger partial charge in [0.15, 0.2) is 18.5 Å². The molecule has 21 heavy (non-hydrogen) atoms. The van der Waals surface area contributed by atoms with E-state index >= 15 is 0 Å². The first-order valence-corrected chi connectivity index (χ1v) is 6.40. The summed E-state index contributed by atoms with van der Waals surface area (Å²) in [6.45, 7) is 0.912. The van der Waals surface area contributed by atoms with E-state index in [-0.39, 0.29) is 12.2 Å². The fraction of sp³-hybridized carbons (Fsp3) is 0.429. The summed E-state index contributed by atoms with van der Waals surface area (Å²) in [5.41, 5.74) is 0.284. The number of ether oxygens (including phenoxy) is 3. The van der Waals surface area contributed by atoms with Crippen LogP contribution in [0.4, 0.5) is 0 Å². The summed E-state index contributed by atoms with van der Waals surface area (Å²) in [6.07, 6.45) is -5.15. The third kappa shape index (κ3) is 3.78. The molecule has 1 aliphatic rings. The number of rotatable bonds is 3. The lowest BCUT2D eigenvalue weighted by Crippen LogP contribution is -2.56. The molecule has 2 N–H and O–H groups in total. The average molecular weight is 296 g/mol. The van der Waals surface area contributed by atoms with Crippen LogP contribution in [0.15, 0.2) is 30.3 Å². The third-order valence-corrected chi connectivity index (χ3v) is 2.98. The van der Waals surface area contributed by atoms with Crippen molar-refractivity contribution in [2.75, 3.05) is 6.61 Å². The number of esters is 2. The van der Waals surface area contributed by atoms with Crippen molar-refractivity contribution in [1.29, 1.82) is 0 Å². The van der Waals surface area contributed by atoms with Crippen LogP contribution in [0.5, 0.6) is 0 Å². The zero-order chi connectivity index (χ0) is 15.4. The molecule has 1 aliphatic heterocycles. The highest BCUT2D eigenvalue weighted by molar-refractivity contribution is 5.89. The topological polar surface area (TPSA) is 102 Å². The van der Waals surface area contributed by atoms with Gasteiger partial charge < -0.3 is 24.4 Å². The molecule has 0 radical (unpaired) electrons. The average Bonchev–Trinajstić information content (AvgIpc) is 2.47. The van der Waals surface area contributed by atoms with E-state index in [9.17, 15) is 19.8 Å². The summed E-state index contributed by atoms with van der Waals surface area (Å²) in [5, 5.41) is 19.5. The molecule has 0 unspecified atom stereocenters. The summed E-state index contributed by atoms with van der Waals surface area (Å²) >= 11 is 0. The molecule has 1 fully saturated rings. The molecule has 0 spiro atoms. The number of carbonyl (C=O) groups excluding carboxylic acids is 2. The number of hydrogen-bond donors (Lipinski definition) is 2. The highest BCUT2D eigenvalue weighted by atomic mass is 16.7. The molecule has 1 heterocycles. The van der Waals surface area contributed by atoms with Crippen molar-refractivity contribution in [1.82, 2.24) is 0 Å². The maximum Gasteiger partial charge on any atom is 0.338 e. The van der Waals surface area contributed by atoms with E-state index in [0.717, 1.165) is 6.92 Å². The van der Waals surface area contributed by atoms with Gasteiger partial charge in [0.05, 0.1) is 12.2 Å². The molecule has 0 aliphatic carbocycles. The van der Waals surface area contributed by atoms with Crippen LogP contribution in [0.3, 0.4) is 0 Å². The quantitative estimate of drug-likeness (QED) is 0.748. The van der Waals surface area contributed by atoms with E-state index in [2.05, 4.69) is 0 Å². The van der Waals surface area contributed by atoms with E-state index in [4.69, 9.17) is 14.2 Å². The standard InChI is InChI=1S/C14H16O7/c1-8(15)20-12-11(10(16)7-19-14(12)18)21-13(17)9-5-3-2-4-6-9/h2-6,10-12,14,16,18H,7H2,1H3/t10-,11-,12+,14-/m0/s1. The monoisotopic (exact) mass is 296 g/mol. The molecule has 7 nitrogen and oxygen atoms in total. The van der Waals surface area contributed by atoms with Gasteiger partial charge in [-0.05, 0) is 12.1 Å². The molecular formula is C14H16O7. The van der Waals surface area contributed by atoms with Crippen LogP contribution in [0.1, 0.15) is 17.3 Å². The zero-order valence-corrected chi connectivity index (χ0v) is 11.3. The minimum Gasteiger partial charge on any atom is -0.453 e. The number of aliphatic hydroxyl groups excluding tert-OH is 2. The summed E-state index contributed by atoms with van der Waals surface area (Å²) in [7, 11) is 0. The summed E-state index contributed by atoms with van der Waals surface area (Å²) in [4.78, 5) is 23.1. The van der Waals surface area contributed by atoms with Crippen molar-refractivity contribution < 1.29 is 34.0 Å². The van der Waals surface area contributed by atoms with Gasteiger partial charge in [-0.15, -0.1) is 0 Å². The van der Waals surface area contributed by atoms with Crippen molar-refractivity contribution in [3.05, 3.63) is 35.9 Å². The van der Waals surface area contributed by atoms with Gasteiger partial charge in [0.1, 0.15) is 6.10 Å². The zero-order valence-electron chi connectivity index (χ0n) is 11.3. The van der Waals surface area contributed by atoms with Gasteiger partial charge in [0.25, 0.3) is 0 Å². The van der Waals surface area contributed by atoms with Crippen LogP contribution >= 0.6 is 0 Å². The van der Waals surface area contributed by atoms with E-state index in [1.54, 1.807) is 30.3 Å². The lowest BCUT2D eigenvalue weighted by molar-refractivity contribution is -0.259. The number of aliphatic hydroxyl groups is 2. The van der Waals surface area contributed by atoms with Gasteiger partial charge in [0, 0.05) is 6.92 Å². The number of carbonyl (C=O) groups is 2. The van der Waals surface area contributed by atoms with Gasteiger partial charge in [-0.3, -0.25) is 4.79 Å². The van der Waals surface area contributed by atoms with Crippen LogP contribution in [0.2, 0.25) is 0 Å². The Kier molecular flexibility index (Phi) is 4.89. The largest absolute Gasteiger partial charge is 0.453 e. The Balaban J connectivity index is 2.13. The molecule has 114 valence electrons. The van der Waals surface area contributed by atoms with Gasteiger partial charge in [-0.25, -0.2) is 4.79 Å². The maximum absolute atomic E-state index is 12.0. The number of benzene rings is 1. The normalized spacial score (nSPS) is 28.7. The molecular weight excluding hydrogens is 280 g/mol.